The molecule has 0 bridgehead atoms. The Morgan fingerprint density at radius 2 is 1.96 bits per heavy atom. The van der Waals surface area contributed by atoms with E-state index in [0.29, 0.717) is 11.7 Å². The van der Waals surface area contributed by atoms with Crippen molar-refractivity contribution >= 4 is 22.4 Å². The number of nitrogens with zero attached hydrogens (tertiary/aromatic N) is 1. The molecule has 0 spiro atoms. The number of rotatable bonds is 7. The summed E-state index contributed by atoms with van der Waals surface area (Å²) in [4.78, 5) is 16.6. The van der Waals surface area contributed by atoms with Gasteiger partial charge in [0.25, 0.3) is 0 Å². The molecule has 3 rings (SSSR count). The van der Waals surface area contributed by atoms with Gasteiger partial charge < -0.3 is 14.8 Å². The van der Waals surface area contributed by atoms with E-state index in [1.165, 1.54) is 22.5 Å². The highest BCUT2D eigenvalue weighted by Crippen LogP contribution is 2.31. The minimum Gasteiger partial charge on any atom is -0.496 e. The zero-order chi connectivity index (χ0) is 19.2. The average molecular weight is 382 g/mol. The van der Waals surface area contributed by atoms with E-state index in [1.54, 1.807) is 7.11 Å². The molecule has 5 nitrogen and oxygen atoms in total. The smallest absolute Gasteiger partial charge is 0.229 e. The number of anilines is 1. The van der Waals surface area contributed by atoms with Crippen molar-refractivity contribution in [1.29, 1.82) is 0 Å². The summed E-state index contributed by atoms with van der Waals surface area (Å²) < 4.78 is 11.0. The van der Waals surface area contributed by atoms with Crippen LogP contribution in [0.2, 0.25) is 0 Å². The van der Waals surface area contributed by atoms with Crippen LogP contribution in [0.3, 0.4) is 0 Å². The Morgan fingerprint density at radius 1 is 1.15 bits per heavy atom. The number of carbonyl (C=O) groups is 1. The number of aryl methyl sites for hydroxylation is 2. The van der Waals surface area contributed by atoms with Crippen LogP contribution in [0.25, 0.3) is 11.3 Å². The lowest BCUT2D eigenvalue weighted by molar-refractivity contribution is -0.116. The molecule has 2 aromatic carbocycles. The monoisotopic (exact) mass is 382 g/mol. The summed E-state index contributed by atoms with van der Waals surface area (Å²) >= 11 is 1.39. The fraction of sp³-hybridized carbons (Fsp3) is 0.238. The van der Waals surface area contributed by atoms with Gasteiger partial charge in [-0.1, -0.05) is 18.2 Å². The van der Waals surface area contributed by atoms with E-state index in [9.17, 15) is 4.79 Å². The molecule has 0 aliphatic heterocycles. The first-order valence-electron chi connectivity index (χ1n) is 8.65. The molecular formula is C21H22N2O3S. The molecule has 1 heterocycles. The molecule has 0 unspecified atom stereocenters. The van der Waals surface area contributed by atoms with E-state index >= 15 is 0 Å². The number of nitrogens with one attached hydrogen (secondary N) is 1. The molecule has 1 N–H and O–H groups in total. The van der Waals surface area contributed by atoms with Gasteiger partial charge in [-0.15, -0.1) is 11.3 Å². The van der Waals surface area contributed by atoms with Crippen molar-refractivity contribution in [2.45, 2.75) is 20.3 Å². The topological polar surface area (TPSA) is 60.5 Å². The van der Waals surface area contributed by atoms with Gasteiger partial charge in [-0.3, -0.25) is 4.79 Å². The van der Waals surface area contributed by atoms with Gasteiger partial charge >= 0.3 is 0 Å². The van der Waals surface area contributed by atoms with Gasteiger partial charge in [0.1, 0.15) is 11.5 Å². The van der Waals surface area contributed by atoms with Crippen LogP contribution in [-0.2, 0) is 4.79 Å². The molecule has 27 heavy (non-hydrogen) atoms. The van der Waals surface area contributed by atoms with E-state index in [4.69, 9.17) is 9.47 Å². The van der Waals surface area contributed by atoms with Crippen LogP contribution in [0, 0.1) is 13.8 Å². The number of benzene rings is 2. The molecule has 0 fully saturated rings. The molecule has 0 saturated heterocycles. The molecule has 0 radical (unpaired) electrons. The lowest BCUT2D eigenvalue weighted by Gasteiger charge is -2.08. The maximum absolute atomic E-state index is 12.1. The molecule has 0 aliphatic rings. The lowest BCUT2D eigenvalue weighted by Crippen LogP contribution is -2.15. The summed E-state index contributed by atoms with van der Waals surface area (Å²) in [5.74, 6) is 1.40. The Labute approximate surface area is 163 Å². The number of methoxy groups -OCH3 is 1. The van der Waals surface area contributed by atoms with Gasteiger partial charge in [0.2, 0.25) is 5.91 Å². The molecule has 6 heteroatoms. The summed E-state index contributed by atoms with van der Waals surface area (Å²) in [6, 6.07) is 13.6. The largest absolute Gasteiger partial charge is 0.496 e. The van der Waals surface area contributed by atoms with Crippen LogP contribution in [0.1, 0.15) is 17.5 Å². The standard InChI is InChI=1S/C21H22N2O3S/c1-14-8-9-16(12-15(14)2)26-11-10-20(24)23-21-22-18(13-27-21)17-6-4-5-7-19(17)25-3/h4-9,12-13H,10-11H2,1-3H3,(H,22,23,24). The average Bonchev–Trinajstić information content (AvgIpc) is 3.12. The number of para-hydroxylation sites is 1. The number of aromatic nitrogens is 1. The Bertz CT molecular complexity index is 937. The van der Waals surface area contributed by atoms with E-state index in [2.05, 4.69) is 17.2 Å². The second-order valence-electron chi connectivity index (χ2n) is 6.13. The fourth-order valence-corrected chi connectivity index (χ4v) is 3.28. The van der Waals surface area contributed by atoms with E-state index < -0.39 is 0 Å². The maximum Gasteiger partial charge on any atom is 0.229 e. The summed E-state index contributed by atoms with van der Waals surface area (Å²) in [6.07, 6.45) is 0.260. The second-order valence-corrected chi connectivity index (χ2v) is 6.99. The van der Waals surface area contributed by atoms with Gasteiger partial charge in [-0.2, -0.15) is 0 Å². The predicted octanol–water partition coefficient (Wildman–Crippen LogP) is 4.84. The Kier molecular flexibility index (Phi) is 6.08. The molecule has 0 atom stereocenters. The first-order chi connectivity index (χ1) is 13.1. The molecule has 3 aromatic rings. The van der Waals surface area contributed by atoms with Crippen LogP contribution in [0.4, 0.5) is 5.13 Å². The van der Waals surface area contributed by atoms with E-state index in [-0.39, 0.29) is 12.3 Å². The molecule has 0 saturated carbocycles. The van der Waals surface area contributed by atoms with Crippen molar-refractivity contribution < 1.29 is 14.3 Å². The van der Waals surface area contributed by atoms with Gasteiger partial charge in [0.15, 0.2) is 5.13 Å². The van der Waals surface area contributed by atoms with Gasteiger partial charge in [-0.05, 0) is 49.2 Å². The highest BCUT2D eigenvalue weighted by molar-refractivity contribution is 7.14. The predicted molar refractivity (Wildman–Crippen MR) is 109 cm³/mol. The number of hydrogen-bond acceptors (Lipinski definition) is 5. The summed E-state index contributed by atoms with van der Waals surface area (Å²) in [5, 5.41) is 5.29. The Balaban J connectivity index is 1.54. The van der Waals surface area contributed by atoms with Crippen LogP contribution in [-0.4, -0.2) is 24.6 Å². The normalized spacial score (nSPS) is 10.5. The van der Waals surface area contributed by atoms with Gasteiger partial charge in [-0.25, -0.2) is 4.98 Å². The van der Waals surface area contributed by atoms with E-state index in [1.807, 2.05) is 54.8 Å². The fourth-order valence-electron chi connectivity index (χ4n) is 2.56. The highest BCUT2D eigenvalue weighted by Gasteiger charge is 2.11. The van der Waals surface area contributed by atoms with Crippen molar-refractivity contribution in [3.8, 4) is 22.8 Å². The van der Waals surface area contributed by atoms with Crippen molar-refractivity contribution in [3.63, 3.8) is 0 Å². The van der Waals surface area contributed by atoms with Crippen LogP contribution in [0.15, 0.2) is 47.8 Å². The SMILES string of the molecule is COc1ccccc1-c1csc(NC(=O)CCOc2ccc(C)c(C)c2)n1. The lowest BCUT2D eigenvalue weighted by atomic mass is 10.1. The maximum atomic E-state index is 12.1. The third-order valence-electron chi connectivity index (χ3n) is 4.21. The zero-order valence-corrected chi connectivity index (χ0v) is 16.4. The molecule has 140 valence electrons. The van der Waals surface area contributed by atoms with Crippen molar-refractivity contribution in [3.05, 3.63) is 59.0 Å². The first-order valence-corrected chi connectivity index (χ1v) is 9.53. The van der Waals surface area contributed by atoms with Gasteiger partial charge in [0.05, 0.1) is 25.8 Å². The summed E-state index contributed by atoms with van der Waals surface area (Å²) in [5.41, 5.74) is 4.06. The number of amides is 1. The Hall–Kier alpha value is -2.86. The van der Waals surface area contributed by atoms with Crippen molar-refractivity contribution in [1.82, 2.24) is 4.98 Å². The number of thiazole rings is 1. The first kappa shape index (κ1) is 18.9. The van der Waals surface area contributed by atoms with Crippen LogP contribution < -0.4 is 14.8 Å². The van der Waals surface area contributed by atoms with Gasteiger partial charge in [0, 0.05) is 10.9 Å². The second kappa shape index (κ2) is 8.68. The van der Waals surface area contributed by atoms with Crippen molar-refractivity contribution in [2.24, 2.45) is 0 Å². The number of carbonyl (C=O) groups excluding carboxylic acids is 1. The minimum atomic E-state index is -0.125. The molecule has 1 aromatic heterocycles. The van der Waals surface area contributed by atoms with Crippen LogP contribution >= 0.6 is 11.3 Å². The quantitative estimate of drug-likeness (QED) is 0.635. The number of ether oxygens (including phenoxy) is 2. The molecule has 0 aliphatic carbocycles. The third kappa shape index (κ3) is 4.86. The third-order valence-corrected chi connectivity index (χ3v) is 4.97. The zero-order valence-electron chi connectivity index (χ0n) is 15.6. The molecular weight excluding hydrogens is 360 g/mol. The Morgan fingerprint density at radius 3 is 2.74 bits per heavy atom. The summed E-state index contributed by atoms with van der Waals surface area (Å²) in [6.45, 7) is 4.41. The van der Waals surface area contributed by atoms with Crippen molar-refractivity contribution in [2.75, 3.05) is 19.0 Å². The summed E-state index contributed by atoms with van der Waals surface area (Å²) in [7, 11) is 1.63. The highest BCUT2D eigenvalue weighted by atomic mass is 32.1. The van der Waals surface area contributed by atoms with Crippen LogP contribution in [0.5, 0.6) is 11.5 Å². The minimum absolute atomic E-state index is 0.125. The number of hydrogen-bond donors (Lipinski definition) is 1. The van der Waals surface area contributed by atoms with E-state index in [0.717, 1.165) is 22.8 Å². The molecule has 1 amide bonds.